The van der Waals surface area contributed by atoms with E-state index in [1.165, 1.54) is 16.7 Å². The third kappa shape index (κ3) is 4.35. The molecule has 2 N–H and O–H groups in total. The van der Waals surface area contributed by atoms with Crippen molar-refractivity contribution in [3.8, 4) is 0 Å². The number of aromatic amines is 1. The number of H-pyrrole nitrogens is 1. The van der Waals surface area contributed by atoms with E-state index in [2.05, 4.69) is 10.3 Å². The molecule has 2 rings (SSSR count). The first-order valence-corrected chi connectivity index (χ1v) is 9.39. The number of sulfone groups is 1. The number of aryl methyl sites for hydroxylation is 1. The summed E-state index contributed by atoms with van der Waals surface area (Å²) in [6, 6.07) is 6.37. The van der Waals surface area contributed by atoms with Crippen LogP contribution in [0.4, 0.5) is 0 Å². The largest absolute Gasteiger partial charge is 0.352 e. The number of benzene rings is 1. The lowest BCUT2D eigenvalue weighted by atomic mass is 10.2. The molecule has 1 heterocycles. The fraction of sp³-hybridized carbons (Fsp3) is 0.375. The van der Waals surface area contributed by atoms with E-state index in [1.807, 2.05) is 13.8 Å². The molecule has 0 bridgehead atoms. The number of aromatic nitrogens is 2. The quantitative estimate of drug-likeness (QED) is 0.807. The molecule has 1 amide bonds. The summed E-state index contributed by atoms with van der Waals surface area (Å²) in [4.78, 5) is 26.6. The molecule has 0 aliphatic carbocycles. The van der Waals surface area contributed by atoms with Crippen molar-refractivity contribution in [2.45, 2.75) is 38.3 Å². The van der Waals surface area contributed by atoms with E-state index in [4.69, 9.17) is 0 Å². The lowest BCUT2D eigenvalue weighted by Gasteiger charge is -2.07. The van der Waals surface area contributed by atoms with E-state index >= 15 is 0 Å². The normalized spacial score (nSPS) is 11.5. The number of nitrogens with one attached hydrogen (secondary N) is 2. The summed E-state index contributed by atoms with van der Waals surface area (Å²) >= 11 is 0. The molecule has 0 radical (unpaired) electrons. The molecule has 0 unspecified atom stereocenters. The Balaban J connectivity index is 1.88. The van der Waals surface area contributed by atoms with Gasteiger partial charge in [-0.15, -0.1) is 0 Å². The molecule has 1 aromatic carbocycles. The van der Waals surface area contributed by atoms with Gasteiger partial charge in [-0.2, -0.15) is 0 Å². The smallest absolute Gasteiger partial charge is 0.325 e. The molecule has 0 saturated heterocycles. The summed E-state index contributed by atoms with van der Waals surface area (Å²) in [6.45, 7) is 4.26. The Bertz CT molecular complexity index is 892. The second-order valence-corrected chi connectivity index (χ2v) is 7.75. The fourth-order valence-corrected chi connectivity index (χ4v) is 2.93. The van der Waals surface area contributed by atoms with E-state index in [0.717, 1.165) is 23.2 Å². The SMILES string of the molecule is Cc1[nH]c(=O)n(CCC(=O)NCc2ccc(S(C)(=O)=O)cc2)c1C. The molecule has 24 heavy (non-hydrogen) atoms. The Hall–Kier alpha value is -2.35. The van der Waals surface area contributed by atoms with Gasteiger partial charge in [-0.3, -0.25) is 9.36 Å². The Morgan fingerprint density at radius 3 is 2.33 bits per heavy atom. The summed E-state index contributed by atoms with van der Waals surface area (Å²) < 4.78 is 24.3. The summed E-state index contributed by atoms with van der Waals surface area (Å²) in [5, 5.41) is 2.76. The standard InChI is InChI=1S/C16H21N3O4S/c1-11-12(2)19(16(21)18-11)9-8-15(20)17-10-13-4-6-14(7-5-13)24(3,22)23/h4-7H,8-10H2,1-3H3,(H,17,20)(H,18,21). The zero-order chi connectivity index (χ0) is 17.9. The van der Waals surface area contributed by atoms with Crippen LogP contribution in [0, 0.1) is 13.8 Å². The summed E-state index contributed by atoms with van der Waals surface area (Å²) in [6.07, 6.45) is 1.34. The Labute approximate surface area is 140 Å². The molecule has 8 heteroatoms. The lowest BCUT2D eigenvalue weighted by molar-refractivity contribution is -0.121. The average Bonchev–Trinajstić information content (AvgIpc) is 2.75. The van der Waals surface area contributed by atoms with Crippen LogP contribution < -0.4 is 11.0 Å². The first-order valence-electron chi connectivity index (χ1n) is 7.50. The Kier molecular flexibility index (Phi) is 5.28. The van der Waals surface area contributed by atoms with Crippen molar-refractivity contribution >= 4 is 15.7 Å². The average molecular weight is 351 g/mol. The lowest BCUT2D eigenvalue weighted by Crippen LogP contribution is -2.26. The topological polar surface area (TPSA) is 101 Å². The highest BCUT2D eigenvalue weighted by Crippen LogP contribution is 2.10. The minimum absolute atomic E-state index is 0.174. The van der Waals surface area contributed by atoms with Gasteiger partial charge in [0.15, 0.2) is 9.84 Å². The van der Waals surface area contributed by atoms with Gasteiger partial charge < -0.3 is 10.3 Å². The van der Waals surface area contributed by atoms with Gasteiger partial charge in [0, 0.05) is 37.2 Å². The Morgan fingerprint density at radius 2 is 1.83 bits per heavy atom. The molecular formula is C16H21N3O4S. The number of amides is 1. The number of imidazole rings is 1. The molecule has 0 saturated carbocycles. The van der Waals surface area contributed by atoms with Crippen LogP contribution in [0.1, 0.15) is 23.4 Å². The van der Waals surface area contributed by atoms with Crippen molar-refractivity contribution < 1.29 is 13.2 Å². The predicted molar refractivity (Wildman–Crippen MR) is 90.5 cm³/mol. The van der Waals surface area contributed by atoms with Gasteiger partial charge in [0.1, 0.15) is 0 Å². The van der Waals surface area contributed by atoms with Gasteiger partial charge >= 0.3 is 5.69 Å². The van der Waals surface area contributed by atoms with Crippen molar-refractivity contribution in [3.05, 3.63) is 51.7 Å². The highest BCUT2D eigenvalue weighted by Gasteiger charge is 2.09. The van der Waals surface area contributed by atoms with Crippen LogP contribution in [0.5, 0.6) is 0 Å². The predicted octanol–water partition coefficient (Wildman–Crippen LogP) is 0.903. The highest BCUT2D eigenvalue weighted by atomic mass is 32.2. The molecule has 7 nitrogen and oxygen atoms in total. The summed E-state index contributed by atoms with van der Waals surface area (Å²) in [7, 11) is -3.22. The van der Waals surface area contributed by atoms with E-state index in [0.29, 0.717) is 13.1 Å². The maximum Gasteiger partial charge on any atom is 0.325 e. The van der Waals surface area contributed by atoms with Crippen molar-refractivity contribution in [2.75, 3.05) is 6.26 Å². The van der Waals surface area contributed by atoms with Crippen molar-refractivity contribution in [2.24, 2.45) is 0 Å². The van der Waals surface area contributed by atoms with E-state index in [-0.39, 0.29) is 22.9 Å². The molecule has 0 aliphatic heterocycles. The molecular weight excluding hydrogens is 330 g/mol. The van der Waals surface area contributed by atoms with Gasteiger partial charge in [-0.1, -0.05) is 12.1 Å². The van der Waals surface area contributed by atoms with E-state index in [1.54, 1.807) is 12.1 Å². The van der Waals surface area contributed by atoms with Gasteiger partial charge in [-0.05, 0) is 31.5 Å². The molecule has 0 spiro atoms. The van der Waals surface area contributed by atoms with Crippen LogP contribution in [-0.4, -0.2) is 30.1 Å². The first-order chi connectivity index (χ1) is 11.2. The number of hydrogen-bond donors (Lipinski definition) is 2. The van der Waals surface area contributed by atoms with Crippen molar-refractivity contribution in [1.82, 2.24) is 14.9 Å². The van der Waals surface area contributed by atoms with E-state index in [9.17, 15) is 18.0 Å². The highest BCUT2D eigenvalue weighted by molar-refractivity contribution is 7.90. The third-order valence-corrected chi connectivity index (χ3v) is 5.02. The maximum atomic E-state index is 11.9. The fourth-order valence-electron chi connectivity index (χ4n) is 2.30. The molecule has 130 valence electrons. The molecule has 2 aromatic rings. The van der Waals surface area contributed by atoms with Gasteiger partial charge in [0.25, 0.3) is 0 Å². The minimum Gasteiger partial charge on any atom is -0.352 e. The number of rotatable bonds is 6. The van der Waals surface area contributed by atoms with Crippen LogP contribution in [0.2, 0.25) is 0 Å². The maximum absolute atomic E-state index is 11.9. The van der Waals surface area contributed by atoms with Crippen LogP contribution in [0.15, 0.2) is 34.0 Å². The Morgan fingerprint density at radius 1 is 1.21 bits per heavy atom. The molecule has 0 fully saturated rings. The van der Waals surface area contributed by atoms with Gasteiger partial charge in [0.2, 0.25) is 5.91 Å². The molecule has 1 aromatic heterocycles. The van der Waals surface area contributed by atoms with Crippen LogP contribution in [0.25, 0.3) is 0 Å². The number of nitrogens with zero attached hydrogens (tertiary/aromatic N) is 1. The van der Waals surface area contributed by atoms with Crippen LogP contribution in [-0.2, 0) is 27.7 Å². The number of hydrogen-bond acceptors (Lipinski definition) is 4. The first kappa shape index (κ1) is 18.0. The van der Waals surface area contributed by atoms with Crippen molar-refractivity contribution in [3.63, 3.8) is 0 Å². The van der Waals surface area contributed by atoms with Crippen molar-refractivity contribution in [1.29, 1.82) is 0 Å². The second-order valence-electron chi connectivity index (χ2n) is 5.74. The zero-order valence-electron chi connectivity index (χ0n) is 13.9. The van der Waals surface area contributed by atoms with E-state index < -0.39 is 9.84 Å². The number of carbonyl (C=O) groups excluding carboxylic acids is 1. The monoisotopic (exact) mass is 351 g/mol. The molecule has 0 aliphatic rings. The van der Waals surface area contributed by atoms with Gasteiger partial charge in [-0.25, -0.2) is 13.2 Å². The van der Waals surface area contributed by atoms with Crippen LogP contribution >= 0.6 is 0 Å². The summed E-state index contributed by atoms with van der Waals surface area (Å²) in [5.74, 6) is -0.174. The van der Waals surface area contributed by atoms with Gasteiger partial charge in [0.05, 0.1) is 4.90 Å². The summed E-state index contributed by atoms with van der Waals surface area (Å²) in [5.41, 5.74) is 2.21. The zero-order valence-corrected chi connectivity index (χ0v) is 14.7. The molecule has 0 atom stereocenters. The second kappa shape index (κ2) is 7.04. The third-order valence-electron chi connectivity index (χ3n) is 3.89. The minimum atomic E-state index is -3.22. The van der Waals surface area contributed by atoms with Crippen LogP contribution in [0.3, 0.4) is 0 Å². The number of carbonyl (C=O) groups is 1.